The number of pyridine rings is 1. The summed E-state index contributed by atoms with van der Waals surface area (Å²) in [6.45, 7) is 5.59. The molecule has 1 N–H and O–H groups in total. The molecule has 0 spiro atoms. The lowest BCUT2D eigenvalue weighted by Crippen LogP contribution is -2.35. The van der Waals surface area contributed by atoms with Crippen LogP contribution in [0, 0.1) is 20.8 Å². The molecule has 27 heavy (non-hydrogen) atoms. The summed E-state index contributed by atoms with van der Waals surface area (Å²) >= 11 is 23.7. The first-order chi connectivity index (χ1) is 12.5. The predicted octanol–water partition coefficient (Wildman–Crippen LogP) is 5.33. The van der Waals surface area contributed by atoms with Gasteiger partial charge in [0.2, 0.25) is 5.91 Å². The molecule has 0 unspecified atom stereocenters. The molecule has 1 aromatic heterocycles. The third-order valence-electron chi connectivity index (χ3n) is 3.86. The summed E-state index contributed by atoms with van der Waals surface area (Å²) < 4.78 is 0. The van der Waals surface area contributed by atoms with Crippen molar-refractivity contribution in [3.8, 4) is 0 Å². The van der Waals surface area contributed by atoms with Crippen LogP contribution in [-0.4, -0.2) is 35.3 Å². The van der Waals surface area contributed by atoms with Crippen LogP contribution in [0.2, 0.25) is 20.2 Å². The van der Waals surface area contributed by atoms with Crippen molar-refractivity contribution in [2.24, 2.45) is 0 Å². The summed E-state index contributed by atoms with van der Waals surface area (Å²) in [6, 6.07) is 3.94. The zero-order valence-electron chi connectivity index (χ0n) is 15.1. The monoisotopic (exact) mass is 447 g/mol. The van der Waals surface area contributed by atoms with E-state index in [1.165, 1.54) is 11.9 Å². The van der Waals surface area contributed by atoms with Crippen molar-refractivity contribution in [1.29, 1.82) is 0 Å². The van der Waals surface area contributed by atoms with Gasteiger partial charge in [-0.05, 0) is 31.9 Å². The largest absolute Gasteiger partial charge is 0.331 e. The number of aryl methyl sites for hydroxylation is 3. The second kappa shape index (κ2) is 8.65. The maximum absolute atomic E-state index is 12.6. The Balaban J connectivity index is 2.17. The van der Waals surface area contributed by atoms with Crippen molar-refractivity contribution >= 4 is 63.9 Å². The summed E-state index contributed by atoms with van der Waals surface area (Å²) in [5.74, 6) is -0.962. The molecule has 0 aliphatic heterocycles. The second-order valence-corrected chi connectivity index (χ2v) is 7.67. The number of carbonyl (C=O) groups excluding carboxylic acids is 2. The number of likely N-dealkylation sites (N-methyl/N-ethyl adjacent to an activating group) is 1. The minimum absolute atomic E-state index is 0.0365. The van der Waals surface area contributed by atoms with E-state index in [1.807, 2.05) is 32.9 Å². The molecule has 2 amide bonds. The minimum Gasteiger partial charge on any atom is -0.331 e. The molecule has 0 bridgehead atoms. The topological polar surface area (TPSA) is 62.3 Å². The molecule has 0 aliphatic carbocycles. The van der Waals surface area contributed by atoms with Crippen molar-refractivity contribution in [2.75, 3.05) is 18.9 Å². The number of anilines is 1. The Labute approximate surface area is 177 Å². The molecule has 1 heterocycles. The lowest BCUT2D eigenvalue weighted by atomic mass is 10.1. The number of nitrogens with zero attached hydrogens (tertiary/aromatic N) is 2. The number of hydrogen-bond acceptors (Lipinski definition) is 3. The highest BCUT2D eigenvalue weighted by atomic mass is 35.5. The molecule has 1 aromatic carbocycles. The fourth-order valence-corrected chi connectivity index (χ4v) is 3.46. The van der Waals surface area contributed by atoms with E-state index in [0.29, 0.717) is 0 Å². The van der Waals surface area contributed by atoms with Gasteiger partial charge in [-0.25, -0.2) is 4.98 Å². The first-order valence-electron chi connectivity index (χ1n) is 7.86. The SMILES string of the molecule is Cc1cc(C)c(NC(=O)CN(C)C(=O)c2nc(Cl)c(Cl)c(Cl)c2Cl)c(C)c1. The average Bonchev–Trinajstić information content (AvgIpc) is 2.58. The van der Waals surface area contributed by atoms with Crippen LogP contribution in [-0.2, 0) is 4.79 Å². The predicted molar refractivity (Wildman–Crippen MR) is 111 cm³/mol. The number of amides is 2. The minimum atomic E-state index is -0.604. The fourth-order valence-electron chi connectivity index (χ4n) is 2.65. The van der Waals surface area contributed by atoms with E-state index < -0.39 is 5.91 Å². The number of benzene rings is 1. The van der Waals surface area contributed by atoms with E-state index >= 15 is 0 Å². The Morgan fingerprint density at radius 3 is 2.11 bits per heavy atom. The van der Waals surface area contributed by atoms with Crippen LogP contribution < -0.4 is 5.32 Å². The molecule has 0 saturated heterocycles. The maximum atomic E-state index is 12.6. The van der Waals surface area contributed by atoms with Crippen molar-refractivity contribution in [1.82, 2.24) is 9.88 Å². The van der Waals surface area contributed by atoms with Gasteiger partial charge in [0.1, 0.15) is 10.8 Å². The van der Waals surface area contributed by atoms with Gasteiger partial charge in [-0.15, -0.1) is 0 Å². The molecule has 5 nitrogen and oxygen atoms in total. The van der Waals surface area contributed by atoms with Crippen LogP contribution in [0.3, 0.4) is 0 Å². The molecule has 0 atom stereocenters. The number of aromatic nitrogens is 1. The van der Waals surface area contributed by atoms with E-state index in [-0.39, 0.29) is 38.4 Å². The van der Waals surface area contributed by atoms with Gasteiger partial charge in [0.15, 0.2) is 0 Å². The molecule has 0 saturated carbocycles. The molecule has 0 radical (unpaired) electrons. The first kappa shape index (κ1) is 21.8. The number of halogens is 4. The molecular formula is C18H17Cl4N3O2. The summed E-state index contributed by atoms with van der Waals surface area (Å²) in [6.07, 6.45) is 0. The molecule has 2 rings (SSSR count). The molecule has 9 heteroatoms. The van der Waals surface area contributed by atoms with Crippen LogP contribution in [0.15, 0.2) is 12.1 Å². The third-order valence-corrected chi connectivity index (χ3v) is 5.53. The maximum Gasteiger partial charge on any atom is 0.274 e. The van der Waals surface area contributed by atoms with Crippen LogP contribution >= 0.6 is 46.4 Å². The Kier molecular flexibility index (Phi) is 6.98. The van der Waals surface area contributed by atoms with Gasteiger partial charge in [-0.3, -0.25) is 9.59 Å². The highest BCUT2D eigenvalue weighted by molar-refractivity contribution is 6.52. The zero-order chi connectivity index (χ0) is 20.5. The number of carbonyl (C=O) groups is 2. The Bertz CT molecular complexity index is 908. The highest BCUT2D eigenvalue weighted by Crippen LogP contribution is 2.36. The average molecular weight is 449 g/mol. The number of nitrogens with one attached hydrogen (secondary N) is 1. The molecule has 2 aromatic rings. The van der Waals surface area contributed by atoms with Gasteiger partial charge in [-0.1, -0.05) is 64.1 Å². The summed E-state index contributed by atoms with van der Waals surface area (Å²) in [5.41, 5.74) is 3.54. The van der Waals surface area contributed by atoms with E-state index in [9.17, 15) is 9.59 Å². The third kappa shape index (κ3) is 4.85. The van der Waals surface area contributed by atoms with Gasteiger partial charge in [0.05, 0.1) is 21.6 Å². The van der Waals surface area contributed by atoms with Crippen LogP contribution in [0.25, 0.3) is 0 Å². The smallest absolute Gasteiger partial charge is 0.274 e. The molecule has 0 fully saturated rings. The molecular weight excluding hydrogens is 432 g/mol. The van der Waals surface area contributed by atoms with E-state index in [4.69, 9.17) is 46.4 Å². The van der Waals surface area contributed by atoms with Crippen LogP contribution in [0.4, 0.5) is 5.69 Å². The summed E-state index contributed by atoms with van der Waals surface area (Å²) in [4.78, 5) is 30.0. The summed E-state index contributed by atoms with van der Waals surface area (Å²) in [7, 11) is 1.45. The Hall–Kier alpha value is -1.53. The van der Waals surface area contributed by atoms with E-state index in [1.54, 1.807) is 0 Å². The quantitative estimate of drug-likeness (QED) is 0.642. The van der Waals surface area contributed by atoms with Crippen molar-refractivity contribution in [3.63, 3.8) is 0 Å². The van der Waals surface area contributed by atoms with Crippen molar-refractivity contribution in [3.05, 3.63) is 54.7 Å². The summed E-state index contributed by atoms with van der Waals surface area (Å²) in [5, 5.41) is 2.47. The van der Waals surface area contributed by atoms with Gasteiger partial charge in [0, 0.05) is 12.7 Å². The lowest BCUT2D eigenvalue weighted by molar-refractivity contribution is -0.116. The zero-order valence-corrected chi connectivity index (χ0v) is 18.1. The van der Waals surface area contributed by atoms with Crippen molar-refractivity contribution < 1.29 is 9.59 Å². The number of hydrogen-bond donors (Lipinski definition) is 1. The second-order valence-electron chi connectivity index (χ2n) is 6.18. The van der Waals surface area contributed by atoms with Gasteiger partial charge < -0.3 is 10.2 Å². The lowest BCUT2D eigenvalue weighted by Gasteiger charge is -2.19. The fraction of sp³-hybridized carbons (Fsp3) is 0.278. The molecule has 0 aliphatic rings. The van der Waals surface area contributed by atoms with E-state index in [2.05, 4.69) is 10.3 Å². The highest BCUT2D eigenvalue weighted by Gasteiger charge is 2.24. The first-order valence-corrected chi connectivity index (χ1v) is 9.37. The molecule has 144 valence electrons. The number of rotatable bonds is 4. The normalized spacial score (nSPS) is 10.7. The van der Waals surface area contributed by atoms with Crippen LogP contribution in [0.1, 0.15) is 27.2 Å². The van der Waals surface area contributed by atoms with Gasteiger partial charge >= 0.3 is 0 Å². The Morgan fingerprint density at radius 1 is 1.00 bits per heavy atom. The van der Waals surface area contributed by atoms with Gasteiger partial charge in [0.25, 0.3) is 5.91 Å². The van der Waals surface area contributed by atoms with Crippen molar-refractivity contribution in [2.45, 2.75) is 20.8 Å². The van der Waals surface area contributed by atoms with Gasteiger partial charge in [-0.2, -0.15) is 0 Å². The van der Waals surface area contributed by atoms with Crippen LogP contribution in [0.5, 0.6) is 0 Å². The Morgan fingerprint density at radius 2 is 1.56 bits per heavy atom. The van der Waals surface area contributed by atoms with E-state index in [0.717, 1.165) is 22.4 Å². The standard InChI is InChI=1S/C18H17Cl4N3O2/c1-8-5-9(2)15(10(3)6-8)23-11(26)7-25(4)18(27)16-13(20)12(19)14(21)17(22)24-16/h5-6H,7H2,1-4H3,(H,23,26).